The van der Waals surface area contributed by atoms with E-state index >= 15 is 0 Å². The summed E-state index contributed by atoms with van der Waals surface area (Å²) >= 11 is 0. The Labute approximate surface area is 199 Å². The lowest BCUT2D eigenvalue weighted by Gasteiger charge is -2.20. The summed E-state index contributed by atoms with van der Waals surface area (Å²) in [6.07, 6.45) is 3.16. The third kappa shape index (κ3) is 5.03. The van der Waals surface area contributed by atoms with E-state index in [0.717, 1.165) is 33.4 Å². The van der Waals surface area contributed by atoms with E-state index in [2.05, 4.69) is 16.4 Å². The SMILES string of the molecule is CNC(=O)c1ccc(COC(c2cccnc2)c2ccc(C#N)c(-c3ccccc3C)c2)cc1. The zero-order valence-electron chi connectivity index (χ0n) is 19.2. The van der Waals surface area contributed by atoms with E-state index in [1.54, 1.807) is 31.6 Å². The lowest BCUT2D eigenvalue weighted by atomic mass is 9.92. The molecule has 0 saturated heterocycles. The van der Waals surface area contributed by atoms with E-state index in [9.17, 15) is 10.1 Å². The van der Waals surface area contributed by atoms with Crippen LogP contribution in [0.1, 0.15) is 44.3 Å². The van der Waals surface area contributed by atoms with Gasteiger partial charge in [-0.2, -0.15) is 5.26 Å². The Bertz CT molecular complexity index is 1330. The van der Waals surface area contributed by atoms with Crippen LogP contribution in [0.2, 0.25) is 0 Å². The Hall–Kier alpha value is -4.27. The molecule has 0 saturated carbocycles. The molecule has 4 rings (SSSR count). The lowest BCUT2D eigenvalue weighted by Crippen LogP contribution is -2.17. The Morgan fingerprint density at radius 3 is 2.47 bits per heavy atom. The summed E-state index contributed by atoms with van der Waals surface area (Å²) in [6.45, 7) is 2.40. The van der Waals surface area contributed by atoms with E-state index in [0.29, 0.717) is 17.7 Å². The van der Waals surface area contributed by atoms with E-state index < -0.39 is 0 Å². The van der Waals surface area contributed by atoms with Gasteiger partial charge in [0.2, 0.25) is 0 Å². The molecular weight excluding hydrogens is 422 g/mol. The Kier molecular flexibility index (Phi) is 7.12. The van der Waals surface area contributed by atoms with E-state index in [4.69, 9.17) is 4.74 Å². The highest BCUT2D eigenvalue weighted by molar-refractivity contribution is 5.93. The fourth-order valence-electron chi connectivity index (χ4n) is 3.91. The van der Waals surface area contributed by atoms with Gasteiger partial charge in [0.05, 0.1) is 18.2 Å². The second kappa shape index (κ2) is 10.6. The summed E-state index contributed by atoms with van der Waals surface area (Å²) < 4.78 is 6.40. The quantitative estimate of drug-likeness (QED) is 0.400. The maximum atomic E-state index is 11.8. The van der Waals surface area contributed by atoms with Gasteiger partial charge in [-0.3, -0.25) is 9.78 Å². The number of nitriles is 1. The molecule has 0 spiro atoms. The maximum absolute atomic E-state index is 11.8. The van der Waals surface area contributed by atoms with Gasteiger partial charge in [0, 0.05) is 36.1 Å². The molecule has 168 valence electrons. The monoisotopic (exact) mass is 447 g/mol. The minimum Gasteiger partial charge on any atom is -0.364 e. The lowest BCUT2D eigenvalue weighted by molar-refractivity contribution is 0.0665. The van der Waals surface area contributed by atoms with E-state index in [1.165, 1.54) is 0 Å². The minimum atomic E-state index is -0.372. The summed E-state index contributed by atoms with van der Waals surface area (Å²) in [5.41, 5.74) is 7.04. The molecule has 4 aromatic rings. The number of carbonyl (C=O) groups excluding carboxylic acids is 1. The third-order valence-electron chi connectivity index (χ3n) is 5.75. The number of aryl methyl sites for hydroxylation is 1. The van der Waals surface area contributed by atoms with Crippen LogP contribution in [-0.2, 0) is 11.3 Å². The molecule has 1 amide bonds. The van der Waals surface area contributed by atoms with Crippen molar-refractivity contribution < 1.29 is 9.53 Å². The van der Waals surface area contributed by atoms with Crippen molar-refractivity contribution in [3.63, 3.8) is 0 Å². The number of benzene rings is 3. The molecule has 1 N–H and O–H groups in total. The number of nitrogens with zero attached hydrogens (tertiary/aromatic N) is 2. The zero-order valence-corrected chi connectivity index (χ0v) is 19.2. The average molecular weight is 448 g/mol. The number of rotatable bonds is 7. The number of hydrogen-bond acceptors (Lipinski definition) is 4. The van der Waals surface area contributed by atoms with Crippen LogP contribution in [0.5, 0.6) is 0 Å². The predicted octanol–water partition coefficient (Wildman–Crippen LogP) is 5.59. The van der Waals surface area contributed by atoms with Gasteiger partial charge in [-0.15, -0.1) is 0 Å². The zero-order chi connectivity index (χ0) is 23.9. The standard InChI is InChI=1S/C29H25N3O2/c1-20-6-3-4-8-26(20)27-16-23(13-14-24(27)17-30)28(25-7-5-15-32-18-25)34-19-21-9-11-22(12-10-21)29(33)31-2/h3-16,18,28H,19H2,1-2H3,(H,31,33). The molecule has 1 heterocycles. The van der Waals surface area contributed by atoms with Crippen LogP contribution >= 0.6 is 0 Å². The molecule has 0 aliphatic rings. The van der Waals surface area contributed by atoms with Crippen molar-refractivity contribution in [2.45, 2.75) is 19.6 Å². The second-order valence-electron chi connectivity index (χ2n) is 7.99. The van der Waals surface area contributed by atoms with Crippen molar-refractivity contribution in [2.24, 2.45) is 0 Å². The normalized spacial score (nSPS) is 11.4. The van der Waals surface area contributed by atoms with Crippen LogP contribution in [0.25, 0.3) is 11.1 Å². The van der Waals surface area contributed by atoms with Crippen molar-refractivity contribution in [3.05, 3.63) is 125 Å². The highest BCUT2D eigenvalue weighted by Crippen LogP contribution is 2.33. The van der Waals surface area contributed by atoms with Gasteiger partial charge in [-0.1, -0.05) is 48.5 Å². The van der Waals surface area contributed by atoms with Crippen molar-refractivity contribution >= 4 is 5.91 Å². The van der Waals surface area contributed by atoms with Crippen LogP contribution in [0.3, 0.4) is 0 Å². The summed E-state index contributed by atoms with van der Waals surface area (Å²) in [6, 6.07) is 27.4. The topological polar surface area (TPSA) is 75.0 Å². The molecule has 3 aromatic carbocycles. The molecule has 1 unspecified atom stereocenters. The first-order valence-corrected chi connectivity index (χ1v) is 11.0. The predicted molar refractivity (Wildman–Crippen MR) is 132 cm³/mol. The van der Waals surface area contributed by atoms with Crippen LogP contribution in [0.4, 0.5) is 0 Å². The molecule has 5 nitrogen and oxygen atoms in total. The summed E-state index contributed by atoms with van der Waals surface area (Å²) in [7, 11) is 1.61. The van der Waals surface area contributed by atoms with Crippen molar-refractivity contribution in [1.82, 2.24) is 10.3 Å². The van der Waals surface area contributed by atoms with Gasteiger partial charge in [0.1, 0.15) is 6.10 Å². The molecule has 0 fully saturated rings. The number of carbonyl (C=O) groups is 1. The van der Waals surface area contributed by atoms with E-state index in [-0.39, 0.29) is 12.0 Å². The smallest absolute Gasteiger partial charge is 0.251 e. The number of hydrogen-bond donors (Lipinski definition) is 1. The van der Waals surface area contributed by atoms with Crippen LogP contribution in [0, 0.1) is 18.3 Å². The average Bonchev–Trinajstić information content (AvgIpc) is 2.89. The molecule has 0 radical (unpaired) electrons. The third-order valence-corrected chi connectivity index (χ3v) is 5.75. The molecule has 0 aliphatic heterocycles. The minimum absolute atomic E-state index is 0.123. The second-order valence-corrected chi connectivity index (χ2v) is 7.99. The molecule has 1 atom stereocenters. The number of amides is 1. The highest BCUT2D eigenvalue weighted by atomic mass is 16.5. The summed E-state index contributed by atoms with van der Waals surface area (Å²) in [4.78, 5) is 16.1. The first kappa shape index (κ1) is 22.9. The molecule has 1 aromatic heterocycles. The van der Waals surface area contributed by atoms with E-state index in [1.807, 2.05) is 73.7 Å². The number of aromatic nitrogens is 1. The fourth-order valence-corrected chi connectivity index (χ4v) is 3.91. The largest absolute Gasteiger partial charge is 0.364 e. The molecule has 5 heteroatoms. The number of pyridine rings is 1. The first-order valence-electron chi connectivity index (χ1n) is 11.0. The van der Waals surface area contributed by atoms with Gasteiger partial charge < -0.3 is 10.1 Å². The Morgan fingerprint density at radius 2 is 1.79 bits per heavy atom. The number of nitrogens with one attached hydrogen (secondary N) is 1. The molecule has 0 bridgehead atoms. The van der Waals surface area contributed by atoms with Gasteiger partial charge in [-0.25, -0.2) is 0 Å². The fraction of sp³-hybridized carbons (Fsp3) is 0.138. The van der Waals surface area contributed by atoms with Crippen LogP contribution in [-0.4, -0.2) is 17.9 Å². The van der Waals surface area contributed by atoms with Gasteiger partial charge in [0.15, 0.2) is 0 Å². The highest BCUT2D eigenvalue weighted by Gasteiger charge is 2.18. The Balaban J connectivity index is 1.68. The summed E-state index contributed by atoms with van der Waals surface area (Å²) in [5.74, 6) is -0.123. The summed E-state index contributed by atoms with van der Waals surface area (Å²) in [5, 5.41) is 12.4. The van der Waals surface area contributed by atoms with Crippen molar-refractivity contribution in [2.75, 3.05) is 7.05 Å². The molecular formula is C29H25N3O2. The Morgan fingerprint density at radius 1 is 1.00 bits per heavy atom. The molecule has 0 aliphatic carbocycles. The van der Waals surface area contributed by atoms with Gasteiger partial charge >= 0.3 is 0 Å². The first-order chi connectivity index (χ1) is 16.6. The van der Waals surface area contributed by atoms with Crippen LogP contribution in [0.15, 0.2) is 91.3 Å². The van der Waals surface area contributed by atoms with Crippen molar-refractivity contribution in [1.29, 1.82) is 5.26 Å². The maximum Gasteiger partial charge on any atom is 0.251 e. The van der Waals surface area contributed by atoms with Crippen LogP contribution < -0.4 is 5.32 Å². The van der Waals surface area contributed by atoms with Gasteiger partial charge in [0.25, 0.3) is 5.91 Å². The number of ether oxygens (including phenoxy) is 1. The van der Waals surface area contributed by atoms with Crippen molar-refractivity contribution in [3.8, 4) is 17.2 Å². The van der Waals surface area contributed by atoms with Gasteiger partial charge in [-0.05, 0) is 59.5 Å². The molecule has 34 heavy (non-hydrogen) atoms.